The van der Waals surface area contributed by atoms with Gasteiger partial charge in [0.2, 0.25) is 0 Å². The fraction of sp³-hybridized carbons (Fsp3) is 0.133. The summed E-state index contributed by atoms with van der Waals surface area (Å²) >= 11 is 11.5. The molecule has 2 rings (SSSR count). The van der Waals surface area contributed by atoms with Crippen molar-refractivity contribution in [1.29, 1.82) is 0 Å². The minimum atomic E-state index is -0.151. The van der Waals surface area contributed by atoms with Crippen LogP contribution in [0, 0.1) is 0 Å². The van der Waals surface area contributed by atoms with Crippen molar-refractivity contribution in [2.45, 2.75) is 6.42 Å². The molecule has 19 heavy (non-hydrogen) atoms. The van der Waals surface area contributed by atoms with Crippen molar-refractivity contribution in [2.24, 2.45) is 0 Å². The minimum Gasteiger partial charge on any atom is -0.322 e. The van der Waals surface area contributed by atoms with E-state index in [2.05, 4.69) is 5.32 Å². The van der Waals surface area contributed by atoms with E-state index in [0.29, 0.717) is 16.5 Å². The summed E-state index contributed by atoms with van der Waals surface area (Å²) in [5, 5.41) is 3.44. The third kappa shape index (κ3) is 3.98. The maximum absolute atomic E-state index is 12.0. The number of aryl methyl sites for hydroxylation is 1. The van der Waals surface area contributed by atoms with Crippen LogP contribution in [0.15, 0.2) is 48.5 Å². The highest BCUT2D eigenvalue weighted by Gasteiger charge is 2.05. The van der Waals surface area contributed by atoms with E-state index in [0.717, 1.165) is 17.7 Å². The second-order valence-electron chi connectivity index (χ2n) is 4.10. The van der Waals surface area contributed by atoms with Crippen molar-refractivity contribution >= 4 is 34.8 Å². The summed E-state index contributed by atoms with van der Waals surface area (Å²) in [6.45, 7) is 0. The highest BCUT2D eigenvalue weighted by atomic mass is 35.5. The molecule has 2 aromatic rings. The Morgan fingerprint density at radius 1 is 1.00 bits per heavy atom. The van der Waals surface area contributed by atoms with Crippen LogP contribution >= 0.6 is 23.2 Å². The molecule has 0 spiro atoms. The number of halogens is 2. The van der Waals surface area contributed by atoms with Crippen LogP contribution < -0.4 is 5.32 Å². The average Bonchev–Trinajstić information content (AvgIpc) is 2.42. The summed E-state index contributed by atoms with van der Waals surface area (Å²) in [5.41, 5.74) is 2.49. The molecule has 0 heterocycles. The van der Waals surface area contributed by atoms with Crippen molar-refractivity contribution in [3.05, 3.63) is 64.7 Å². The molecule has 0 aliphatic heterocycles. The number of anilines is 1. The van der Waals surface area contributed by atoms with E-state index in [1.54, 1.807) is 24.3 Å². The Balaban J connectivity index is 2.04. The van der Waals surface area contributed by atoms with Crippen LogP contribution in [0.4, 0.5) is 5.69 Å². The van der Waals surface area contributed by atoms with Gasteiger partial charge >= 0.3 is 0 Å². The molecule has 2 nitrogen and oxygen atoms in total. The molecule has 0 saturated carbocycles. The van der Waals surface area contributed by atoms with Crippen LogP contribution in [0.3, 0.4) is 0 Å². The molecule has 0 aromatic heterocycles. The Bertz CT molecular complexity index is 549. The van der Waals surface area contributed by atoms with Gasteiger partial charge in [-0.3, -0.25) is 4.79 Å². The van der Waals surface area contributed by atoms with Gasteiger partial charge in [0, 0.05) is 22.2 Å². The first-order valence-corrected chi connectivity index (χ1v) is 6.82. The van der Waals surface area contributed by atoms with E-state index >= 15 is 0 Å². The summed E-state index contributed by atoms with van der Waals surface area (Å²) in [5.74, 6) is 0.443. The number of hydrogen-bond acceptors (Lipinski definition) is 1. The number of amides is 1. The van der Waals surface area contributed by atoms with E-state index < -0.39 is 0 Å². The van der Waals surface area contributed by atoms with Crippen LogP contribution in [0.5, 0.6) is 0 Å². The molecule has 4 heteroatoms. The van der Waals surface area contributed by atoms with Crippen molar-refractivity contribution in [1.82, 2.24) is 0 Å². The van der Waals surface area contributed by atoms with E-state index in [1.165, 1.54) is 0 Å². The van der Waals surface area contributed by atoms with Crippen LogP contribution in [-0.4, -0.2) is 11.8 Å². The fourth-order valence-electron chi connectivity index (χ4n) is 1.67. The number of benzene rings is 2. The molecule has 2 aromatic carbocycles. The number of nitrogens with one attached hydrogen (secondary N) is 1. The van der Waals surface area contributed by atoms with Crippen molar-refractivity contribution < 1.29 is 4.79 Å². The number of rotatable bonds is 4. The van der Waals surface area contributed by atoms with Crippen molar-refractivity contribution in [2.75, 3.05) is 11.2 Å². The third-order valence-corrected chi connectivity index (χ3v) is 3.14. The Morgan fingerprint density at radius 3 is 2.21 bits per heavy atom. The van der Waals surface area contributed by atoms with Crippen LogP contribution in [0.25, 0.3) is 0 Å². The first-order chi connectivity index (χ1) is 9.19. The van der Waals surface area contributed by atoms with Crippen LogP contribution in [0.1, 0.15) is 15.9 Å². The smallest absolute Gasteiger partial charge is 0.255 e. The van der Waals surface area contributed by atoms with E-state index in [-0.39, 0.29) is 5.91 Å². The maximum Gasteiger partial charge on any atom is 0.255 e. The van der Waals surface area contributed by atoms with Gasteiger partial charge in [-0.05, 0) is 48.4 Å². The molecule has 0 aliphatic rings. The predicted octanol–water partition coefficient (Wildman–Crippen LogP) is 4.37. The van der Waals surface area contributed by atoms with Gasteiger partial charge in [-0.2, -0.15) is 0 Å². The quantitative estimate of drug-likeness (QED) is 0.833. The van der Waals surface area contributed by atoms with E-state index in [9.17, 15) is 4.79 Å². The van der Waals surface area contributed by atoms with E-state index in [4.69, 9.17) is 23.2 Å². The Morgan fingerprint density at radius 2 is 1.63 bits per heavy atom. The number of carbonyl (C=O) groups excluding carboxylic acids is 1. The normalized spacial score (nSPS) is 10.2. The Labute approximate surface area is 122 Å². The second-order valence-corrected chi connectivity index (χ2v) is 4.91. The van der Waals surface area contributed by atoms with Crippen LogP contribution in [0.2, 0.25) is 5.02 Å². The van der Waals surface area contributed by atoms with E-state index in [1.807, 2.05) is 24.3 Å². The van der Waals surface area contributed by atoms with Gasteiger partial charge in [-0.1, -0.05) is 23.7 Å². The van der Waals surface area contributed by atoms with Gasteiger partial charge in [0.1, 0.15) is 0 Å². The largest absolute Gasteiger partial charge is 0.322 e. The summed E-state index contributed by atoms with van der Waals surface area (Å²) < 4.78 is 0. The summed E-state index contributed by atoms with van der Waals surface area (Å²) in [4.78, 5) is 12.0. The topological polar surface area (TPSA) is 29.1 Å². The zero-order valence-electron chi connectivity index (χ0n) is 10.2. The summed E-state index contributed by atoms with van der Waals surface area (Å²) in [7, 11) is 0. The van der Waals surface area contributed by atoms with Gasteiger partial charge < -0.3 is 5.32 Å². The molecule has 0 unspecified atom stereocenters. The van der Waals surface area contributed by atoms with Gasteiger partial charge in [0.15, 0.2) is 0 Å². The molecule has 0 radical (unpaired) electrons. The predicted molar refractivity (Wildman–Crippen MR) is 80.3 cm³/mol. The Kier molecular flexibility index (Phi) is 4.83. The first-order valence-electron chi connectivity index (χ1n) is 5.91. The Hall–Kier alpha value is -1.51. The lowest BCUT2D eigenvalue weighted by Gasteiger charge is -2.06. The molecular weight excluding hydrogens is 281 g/mol. The van der Waals surface area contributed by atoms with Gasteiger partial charge in [-0.15, -0.1) is 11.6 Å². The molecule has 0 fully saturated rings. The molecule has 0 aliphatic carbocycles. The average molecular weight is 294 g/mol. The highest BCUT2D eigenvalue weighted by molar-refractivity contribution is 6.30. The molecule has 1 amide bonds. The molecule has 0 atom stereocenters. The molecule has 1 N–H and O–H groups in total. The minimum absolute atomic E-state index is 0.151. The first kappa shape index (κ1) is 13.9. The number of alkyl halides is 1. The molecule has 98 valence electrons. The monoisotopic (exact) mass is 293 g/mol. The summed E-state index contributed by atoms with van der Waals surface area (Å²) in [6, 6.07) is 14.4. The van der Waals surface area contributed by atoms with Crippen molar-refractivity contribution in [3.63, 3.8) is 0 Å². The fourth-order valence-corrected chi connectivity index (χ4v) is 2.01. The molecule has 0 saturated heterocycles. The zero-order valence-corrected chi connectivity index (χ0v) is 11.7. The van der Waals surface area contributed by atoms with Gasteiger partial charge in [0.25, 0.3) is 5.91 Å². The van der Waals surface area contributed by atoms with Crippen LogP contribution in [-0.2, 0) is 6.42 Å². The maximum atomic E-state index is 12.0. The highest BCUT2D eigenvalue weighted by Crippen LogP contribution is 2.14. The second kappa shape index (κ2) is 6.60. The SMILES string of the molecule is O=C(Nc1ccc(CCCl)cc1)c1ccc(Cl)cc1. The van der Waals surface area contributed by atoms with Gasteiger partial charge in [-0.25, -0.2) is 0 Å². The standard InChI is InChI=1S/C15H13Cl2NO/c16-10-9-11-1-7-14(8-2-11)18-15(19)12-3-5-13(17)6-4-12/h1-8H,9-10H2,(H,18,19). The third-order valence-electron chi connectivity index (χ3n) is 2.70. The lowest BCUT2D eigenvalue weighted by Crippen LogP contribution is -2.11. The zero-order chi connectivity index (χ0) is 13.7. The summed E-state index contributed by atoms with van der Waals surface area (Å²) in [6.07, 6.45) is 0.826. The molecule has 0 bridgehead atoms. The number of carbonyl (C=O) groups is 1. The lowest BCUT2D eigenvalue weighted by molar-refractivity contribution is 0.102. The van der Waals surface area contributed by atoms with Crippen molar-refractivity contribution in [3.8, 4) is 0 Å². The number of hydrogen-bond donors (Lipinski definition) is 1. The lowest BCUT2D eigenvalue weighted by atomic mass is 10.1. The van der Waals surface area contributed by atoms with Gasteiger partial charge in [0.05, 0.1) is 0 Å². The molecular formula is C15H13Cl2NO.